The first-order valence-electron chi connectivity index (χ1n) is 7.67. The van der Waals surface area contributed by atoms with Crippen molar-refractivity contribution in [1.29, 1.82) is 0 Å². The van der Waals surface area contributed by atoms with Crippen LogP contribution in [-0.4, -0.2) is 27.1 Å². The number of anilines is 2. The molecule has 0 aliphatic heterocycles. The van der Waals surface area contributed by atoms with E-state index >= 15 is 0 Å². The fourth-order valence-electron chi connectivity index (χ4n) is 2.33. The molecule has 0 saturated carbocycles. The van der Waals surface area contributed by atoms with Gasteiger partial charge in [-0.05, 0) is 49.2 Å². The van der Waals surface area contributed by atoms with Gasteiger partial charge in [-0.3, -0.25) is 9.10 Å². The minimum absolute atomic E-state index is 0.0783. The van der Waals surface area contributed by atoms with Crippen LogP contribution in [0.15, 0.2) is 48.5 Å². The van der Waals surface area contributed by atoms with Crippen LogP contribution in [0.25, 0.3) is 0 Å². The van der Waals surface area contributed by atoms with Gasteiger partial charge >= 0.3 is 0 Å². The quantitative estimate of drug-likeness (QED) is 0.874. The molecule has 0 unspecified atom stereocenters. The third-order valence-electron chi connectivity index (χ3n) is 3.78. The Morgan fingerprint density at radius 3 is 2.29 bits per heavy atom. The first-order valence-corrected chi connectivity index (χ1v) is 9.52. The molecule has 5 nitrogen and oxygen atoms in total. The van der Waals surface area contributed by atoms with Gasteiger partial charge in [0.25, 0.3) is 0 Å². The average molecular weight is 346 g/mol. The lowest BCUT2D eigenvalue weighted by Crippen LogP contribution is -2.33. The van der Waals surface area contributed by atoms with Crippen molar-refractivity contribution >= 4 is 27.3 Å². The van der Waals surface area contributed by atoms with Gasteiger partial charge in [-0.1, -0.05) is 24.3 Å². The maximum absolute atomic E-state index is 12.1. The lowest BCUT2D eigenvalue weighted by molar-refractivity contribution is -0.116. The van der Waals surface area contributed by atoms with Crippen molar-refractivity contribution in [2.45, 2.75) is 20.3 Å². The van der Waals surface area contributed by atoms with E-state index in [1.807, 2.05) is 38.1 Å². The lowest BCUT2D eigenvalue weighted by atomic mass is 10.1. The van der Waals surface area contributed by atoms with Gasteiger partial charge in [0.1, 0.15) is 0 Å². The van der Waals surface area contributed by atoms with E-state index in [9.17, 15) is 13.2 Å². The minimum atomic E-state index is -3.45. The van der Waals surface area contributed by atoms with Crippen molar-refractivity contribution in [3.8, 4) is 0 Å². The molecule has 0 aliphatic rings. The Bertz CT molecular complexity index is 817. The molecule has 1 N–H and O–H groups in total. The van der Waals surface area contributed by atoms with Gasteiger partial charge in [0, 0.05) is 18.7 Å². The van der Waals surface area contributed by atoms with E-state index in [1.54, 1.807) is 24.3 Å². The predicted molar refractivity (Wildman–Crippen MR) is 97.8 cm³/mol. The fourth-order valence-corrected chi connectivity index (χ4v) is 3.25. The molecule has 6 heteroatoms. The summed E-state index contributed by atoms with van der Waals surface area (Å²) < 4.78 is 25.2. The number of sulfonamides is 1. The number of hydrogen-bond acceptors (Lipinski definition) is 3. The van der Waals surface area contributed by atoms with E-state index in [2.05, 4.69) is 5.32 Å². The van der Waals surface area contributed by atoms with Crippen LogP contribution in [0.1, 0.15) is 17.5 Å². The van der Waals surface area contributed by atoms with Crippen molar-refractivity contribution in [2.75, 3.05) is 22.4 Å². The molecule has 0 aliphatic carbocycles. The Morgan fingerprint density at radius 2 is 1.71 bits per heavy atom. The normalized spacial score (nSPS) is 11.1. The van der Waals surface area contributed by atoms with Crippen LogP contribution < -0.4 is 9.62 Å². The van der Waals surface area contributed by atoms with Gasteiger partial charge in [0.2, 0.25) is 15.9 Å². The van der Waals surface area contributed by atoms with Gasteiger partial charge < -0.3 is 5.32 Å². The highest BCUT2D eigenvalue weighted by Gasteiger charge is 2.18. The van der Waals surface area contributed by atoms with Crippen LogP contribution in [0.4, 0.5) is 11.4 Å². The zero-order chi connectivity index (χ0) is 17.7. The van der Waals surface area contributed by atoms with Gasteiger partial charge in [0.05, 0.1) is 11.9 Å². The number of nitrogens with zero attached hydrogens (tertiary/aromatic N) is 1. The number of rotatable bonds is 6. The van der Waals surface area contributed by atoms with Gasteiger partial charge in [-0.15, -0.1) is 0 Å². The Morgan fingerprint density at radius 1 is 1.04 bits per heavy atom. The third-order valence-corrected chi connectivity index (χ3v) is 4.97. The monoisotopic (exact) mass is 346 g/mol. The van der Waals surface area contributed by atoms with Crippen LogP contribution in [-0.2, 0) is 14.8 Å². The number of nitrogens with one attached hydrogen (secondary N) is 1. The highest BCUT2D eigenvalue weighted by molar-refractivity contribution is 7.92. The fraction of sp³-hybridized carbons (Fsp3) is 0.278. The van der Waals surface area contributed by atoms with Gasteiger partial charge in [-0.2, -0.15) is 0 Å². The molecule has 0 radical (unpaired) electrons. The summed E-state index contributed by atoms with van der Waals surface area (Å²) in [6.45, 7) is 4.08. The Kier molecular flexibility index (Phi) is 5.62. The number of carbonyl (C=O) groups excluding carboxylic acids is 1. The number of aryl methyl sites for hydroxylation is 2. The number of hydrogen-bond donors (Lipinski definition) is 1. The van der Waals surface area contributed by atoms with Crippen molar-refractivity contribution in [3.05, 3.63) is 59.7 Å². The highest BCUT2D eigenvalue weighted by atomic mass is 32.2. The standard InChI is InChI=1S/C18H22N2O3S/c1-14-9-10-16(13-15(14)2)19-18(21)11-12-20(24(3,22)23)17-7-5-4-6-8-17/h4-10,13H,11-12H2,1-3H3,(H,19,21). The third kappa shape index (κ3) is 4.83. The summed E-state index contributed by atoms with van der Waals surface area (Å²) in [5.41, 5.74) is 3.52. The number of benzene rings is 2. The summed E-state index contributed by atoms with van der Waals surface area (Å²) in [6.07, 6.45) is 1.22. The maximum Gasteiger partial charge on any atom is 0.232 e. The first-order chi connectivity index (χ1) is 11.3. The topological polar surface area (TPSA) is 66.5 Å². The highest BCUT2D eigenvalue weighted by Crippen LogP contribution is 2.18. The van der Waals surface area contributed by atoms with Crippen LogP contribution in [0.3, 0.4) is 0 Å². The van der Waals surface area contributed by atoms with E-state index in [0.717, 1.165) is 17.4 Å². The summed E-state index contributed by atoms with van der Waals surface area (Å²) in [5.74, 6) is -0.220. The smallest absolute Gasteiger partial charge is 0.232 e. The van der Waals surface area contributed by atoms with Crippen LogP contribution in [0.2, 0.25) is 0 Å². The molecule has 1 amide bonds. The van der Waals surface area contributed by atoms with Crippen LogP contribution in [0.5, 0.6) is 0 Å². The van der Waals surface area contributed by atoms with Crippen LogP contribution >= 0.6 is 0 Å². The molecule has 0 bridgehead atoms. The zero-order valence-electron chi connectivity index (χ0n) is 14.1. The van der Waals surface area contributed by atoms with Crippen molar-refractivity contribution in [3.63, 3.8) is 0 Å². The zero-order valence-corrected chi connectivity index (χ0v) is 14.9. The molecule has 0 saturated heterocycles. The molecule has 0 spiro atoms. The van der Waals surface area contributed by atoms with Crippen LogP contribution in [0, 0.1) is 13.8 Å². The average Bonchev–Trinajstić information content (AvgIpc) is 2.51. The van der Waals surface area contributed by atoms with E-state index in [-0.39, 0.29) is 18.9 Å². The second kappa shape index (κ2) is 7.49. The molecule has 0 fully saturated rings. The summed E-state index contributed by atoms with van der Waals surface area (Å²) in [6, 6.07) is 14.5. The SMILES string of the molecule is Cc1ccc(NC(=O)CCN(c2ccccc2)S(C)(=O)=O)cc1C. The van der Waals surface area contributed by atoms with E-state index in [4.69, 9.17) is 0 Å². The molecule has 128 valence electrons. The van der Waals surface area contributed by atoms with E-state index < -0.39 is 10.0 Å². The Labute approximate surface area is 143 Å². The summed E-state index contributed by atoms with van der Waals surface area (Å²) in [4.78, 5) is 12.1. The van der Waals surface area contributed by atoms with Crippen molar-refractivity contribution in [1.82, 2.24) is 0 Å². The molecule has 0 aromatic heterocycles. The number of para-hydroxylation sites is 1. The second-order valence-corrected chi connectivity index (χ2v) is 7.67. The Balaban J connectivity index is 2.04. The second-order valence-electron chi connectivity index (χ2n) is 5.77. The molecule has 2 aromatic rings. The summed E-state index contributed by atoms with van der Waals surface area (Å²) in [7, 11) is -3.45. The molecule has 0 atom stereocenters. The first kappa shape index (κ1) is 18.0. The van der Waals surface area contributed by atoms with Gasteiger partial charge in [-0.25, -0.2) is 8.42 Å². The molecule has 24 heavy (non-hydrogen) atoms. The molecule has 2 rings (SSSR count). The molecule has 2 aromatic carbocycles. The van der Waals surface area contributed by atoms with Crippen molar-refractivity contribution < 1.29 is 13.2 Å². The number of carbonyl (C=O) groups is 1. The minimum Gasteiger partial charge on any atom is -0.326 e. The van der Waals surface area contributed by atoms with E-state index in [0.29, 0.717) is 11.4 Å². The Hall–Kier alpha value is -2.34. The van der Waals surface area contributed by atoms with Gasteiger partial charge in [0.15, 0.2) is 0 Å². The predicted octanol–water partition coefficient (Wildman–Crippen LogP) is 3.10. The van der Waals surface area contributed by atoms with Crippen molar-refractivity contribution in [2.24, 2.45) is 0 Å². The molecule has 0 heterocycles. The lowest BCUT2D eigenvalue weighted by Gasteiger charge is -2.22. The summed E-state index contributed by atoms with van der Waals surface area (Å²) in [5, 5.41) is 2.81. The summed E-state index contributed by atoms with van der Waals surface area (Å²) >= 11 is 0. The largest absolute Gasteiger partial charge is 0.326 e. The maximum atomic E-state index is 12.1. The number of amides is 1. The van der Waals surface area contributed by atoms with E-state index in [1.165, 1.54) is 4.31 Å². The molecular weight excluding hydrogens is 324 g/mol. The molecular formula is C18H22N2O3S.